The second-order valence-electron chi connectivity index (χ2n) is 3.32. The second-order valence-corrected chi connectivity index (χ2v) is 4.19. The molecule has 6 nitrogen and oxygen atoms in total. The molecule has 3 rings (SSSR count). The maximum Gasteiger partial charge on any atom is 0.338 e. The summed E-state index contributed by atoms with van der Waals surface area (Å²) in [6.45, 7) is 0. The highest BCUT2D eigenvalue weighted by Gasteiger charge is 2.15. The van der Waals surface area contributed by atoms with Gasteiger partial charge in [0.1, 0.15) is 0 Å². The zero-order valence-corrected chi connectivity index (χ0v) is 9.26. The van der Waals surface area contributed by atoms with Gasteiger partial charge < -0.3 is 5.11 Å². The molecule has 0 unspecified atom stereocenters. The van der Waals surface area contributed by atoms with Crippen molar-refractivity contribution in [2.45, 2.75) is 0 Å². The van der Waals surface area contributed by atoms with Crippen LogP contribution < -0.4 is 0 Å². The zero-order chi connectivity index (χ0) is 11.8. The molecule has 3 aromatic rings. The largest absolute Gasteiger partial charge is 0.478 e. The lowest BCUT2D eigenvalue weighted by Crippen LogP contribution is -2.02. The molecule has 0 saturated carbocycles. The van der Waals surface area contributed by atoms with Crippen molar-refractivity contribution in [2.24, 2.45) is 0 Å². The van der Waals surface area contributed by atoms with Gasteiger partial charge in [0, 0.05) is 17.1 Å². The van der Waals surface area contributed by atoms with E-state index in [0.717, 1.165) is 4.96 Å². The lowest BCUT2D eigenvalue weighted by atomic mass is 10.1. The lowest BCUT2D eigenvalue weighted by molar-refractivity contribution is 0.0697. The van der Waals surface area contributed by atoms with Gasteiger partial charge >= 0.3 is 5.97 Å². The van der Waals surface area contributed by atoms with Crippen LogP contribution in [0.3, 0.4) is 0 Å². The highest BCUT2D eigenvalue weighted by Crippen LogP contribution is 2.25. The molecular formula is C10H6N4O2S. The maximum atomic E-state index is 11.1. The third-order valence-corrected chi connectivity index (χ3v) is 3.15. The molecule has 7 heteroatoms. The normalized spacial score (nSPS) is 10.8. The van der Waals surface area contributed by atoms with Crippen LogP contribution in [0.5, 0.6) is 0 Å². The van der Waals surface area contributed by atoms with Crippen molar-refractivity contribution < 1.29 is 9.90 Å². The molecule has 0 radical (unpaired) electrons. The van der Waals surface area contributed by atoms with Crippen molar-refractivity contribution in [3.8, 4) is 11.3 Å². The second kappa shape index (κ2) is 3.63. The molecule has 84 valence electrons. The van der Waals surface area contributed by atoms with Gasteiger partial charge in [0.2, 0.25) is 0 Å². The third-order valence-electron chi connectivity index (χ3n) is 2.38. The smallest absolute Gasteiger partial charge is 0.338 e. The lowest BCUT2D eigenvalue weighted by Gasteiger charge is -2.02. The fourth-order valence-corrected chi connectivity index (χ4v) is 2.31. The van der Waals surface area contributed by atoms with Crippen molar-refractivity contribution in [2.75, 3.05) is 0 Å². The van der Waals surface area contributed by atoms with Crippen molar-refractivity contribution in [3.63, 3.8) is 0 Å². The third kappa shape index (κ3) is 1.48. The first-order chi connectivity index (χ1) is 8.27. The molecule has 3 aromatic heterocycles. The minimum atomic E-state index is -1.03. The molecule has 0 saturated heterocycles. The number of hydrogen-bond acceptors (Lipinski definition) is 5. The van der Waals surface area contributed by atoms with E-state index in [2.05, 4.69) is 15.2 Å². The van der Waals surface area contributed by atoms with E-state index in [0.29, 0.717) is 11.3 Å². The van der Waals surface area contributed by atoms with Crippen LogP contribution in [0.1, 0.15) is 10.4 Å². The Morgan fingerprint density at radius 1 is 1.29 bits per heavy atom. The fraction of sp³-hybridized carbons (Fsp3) is 0. The summed E-state index contributed by atoms with van der Waals surface area (Å²) in [7, 11) is 0. The highest BCUT2D eigenvalue weighted by atomic mass is 32.1. The van der Waals surface area contributed by atoms with Gasteiger partial charge in [0.25, 0.3) is 0 Å². The van der Waals surface area contributed by atoms with Crippen molar-refractivity contribution in [3.05, 3.63) is 35.7 Å². The first-order valence-electron chi connectivity index (χ1n) is 4.72. The molecule has 1 N–H and O–H groups in total. The highest BCUT2D eigenvalue weighted by molar-refractivity contribution is 7.15. The van der Waals surface area contributed by atoms with Crippen LogP contribution in [0.25, 0.3) is 16.2 Å². The van der Waals surface area contributed by atoms with E-state index in [9.17, 15) is 4.79 Å². The molecule has 0 fully saturated rings. The quantitative estimate of drug-likeness (QED) is 0.742. The Hall–Kier alpha value is -2.28. The molecule has 0 atom stereocenters. The van der Waals surface area contributed by atoms with E-state index in [1.54, 1.807) is 6.20 Å². The summed E-state index contributed by atoms with van der Waals surface area (Å²) in [5, 5.41) is 18.3. The Balaban J connectivity index is 2.29. The molecule has 3 heterocycles. The summed E-state index contributed by atoms with van der Waals surface area (Å²) in [5.74, 6) is -1.03. The van der Waals surface area contributed by atoms with Gasteiger partial charge in [-0.05, 0) is 0 Å². The molecule has 0 aromatic carbocycles. The number of imidazole rings is 1. The number of nitrogens with zero attached hydrogens (tertiary/aromatic N) is 4. The average molecular weight is 246 g/mol. The van der Waals surface area contributed by atoms with E-state index in [1.165, 1.54) is 23.7 Å². The maximum absolute atomic E-state index is 11.1. The number of fused-ring (bicyclic) bond motifs is 1. The fourth-order valence-electron chi connectivity index (χ4n) is 1.62. The Labute approximate surface area is 99.2 Å². The minimum absolute atomic E-state index is 0.119. The number of thiazole rings is 1. The first kappa shape index (κ1) is 9.91. The van der Waals surface area contributed by atoms with E-state index in [1.807, 2.05) is 16.0 Å². The number of aromatic nitrogens is 4. The monoisotopic (exact) mass is 246 g/mol. The first-order valence-corrected chi connectivity index (χ1v) is 5.60. The van der Waals surface area contributed by atoms with Crippen LogP contribution in [0.4, 0.5) is 0 Å². The topological polar surface area (TPSA) is 80.4 Å². The van der Waals surface area contributed by atoms with Gasteiger partial charge in [-0.2, -0.15) is 10.2 Å². The van der Waals surface area contributed by atoms with Crippen molar-refractivity contribution in [1.82, 2.24) is 19.6 Å². The van der Waals surface area contributed by atoms with Gasteiger partial charge in [-0.25, -0.2) is 9.78 Å². The van der Waals surface area contributed by atoms with Crippen LogP contribution in [-0.2, 0) is 0 Å². The van der Waals surface area contributed by atoms with Crippen molar-refractivity contribution >= 4 is 22.3 Å². The van der Waals surface area contributed by atoms with E-state index < -0.39 is 5.97 Å². The zero-order valence-electron chi connectivity index (χ0n) is 8.44. The Morgan fingerprint density at radius 2 is 2.12 bits per heavy atom. The summed E-state index contributed by atoms with van der Waals surface area (Å²) in [6, 6.07) is 0. The average Bonchev–Trinajstić information content (AvgIpc) is 2.90. The summed E-state index contributed by atoms with van der Waals surface area (Å²) in [4.78, 5) is 16.1. The molecule has 0 aliphatic carbocycles. The Morgan fingerprint density at radius 3 is 2.94 bits per heavy atom. The number of rotatable bonds is 2. The standard InChI is InChI=1S/C10H6N4O2S/c15-9(16)7-4-13-12-3-6(7)8-5-11-10-14(8)1-2-17-10/h1-5H,(H,15,16). The van der Waals surface area contributed by atoms with Crippen LogP contribution >= 0.6 is 11.3 Å². The van der Waals surface area contributed by atoms with Gasteiger partial charge in [-0.3, -0.25) is 4.40 Å². The molecule has 0 bridgehead atoms. The van der Waals surface area contributed by atoms with Gasteiger partial charge in [-0.1, -0.05) is 0 Å². The molecule has 17 heavy (non-hydrogen) atoms. The summed E-state index contributed by atoms with van der Waals surface area (Å²) in [5.41, 5.74) is 1.33. The number of hydrogen-bond donors (Lipinski definition) is 1. The molecule has 0 aliphatic heterocycles. The van der Waals surface area contributed by atoms with E-state index in [-0.39, 0.29) is 5.56 Å². The van der Waals surface area contributed by atoms with E-state index >= 15 is 0 Å². The van der Waals surface area contributed by atoms with Crippen LogP contribution in [0.2, 0.25) is 0 Å². The molecule has 0 spiro atoms. The Kier molecular flexibility index (Phi) is 2.12. The summed E-state index contributed by atoms with van der Waals surface area (Å²) >= 11 is 1.49. The molecular weight excluding hydrogens is 240 g/mol. The van der Waals surface area contributed by atoms with Gasteiger partial charge in [0.15, 0.2) is 4.96 Å². The number of carboxylic acid groups (broad SMARTS) is 1. The predicted molar refractivity (Wildman–Crippen MR) is 61.1 cm³/mol. The van der Waals surface area contributed by atoms with Gasteiger partial charge in [-0.15, -0.1) is 11.3 Å². The van der Waals surface area contributed by atoms with Crippen LogP contribution in [-0.4, -0.2) is 30.7 Å². The van der Waals surface area contributed by atoms with Crippen LogP contribution in [0.15, 0.2) is 30.2 Å². The number of aromatic carboxylic acids is 1. The minimum Gasteiger partial charge on any atom is -0.478 e. The van der Waals surface area contributed by atoms with E-state index in [4.69, 9.17) is 5.11 Å². The van der Waals surface area contributed by atoms with Crippen molar-refractivity contribution in [1.29, 1.82) is 0 Å². The number of carbonyl (C=O) groups is 1. The molecule has 0 aliphatic rings. The summed E-state index contributed by atoms with van der Waals surface area (Å²) in [6.07, 6.45) is 6.15. The van der Waals surface area contributed by atoms with Crippen LogP contribution in [0, 0.1) is 0 Å². The molecule has 0 amide bonds. The Bertz CT molecular complexity index is 703. The number of carboxylic acids is 1. The summed E-state index contributed by atoms with van der Waals surface area (Å²) < 4.78 is 1.83. The van der Waals surface area contributed by atoms with Gasteiger partial charge in [0.05, 0.1) is 29.8 Å². The SMILES string of the molecule is O=C(O)c1cnncc1-c1cnc2sccn12. The predicted octanol–water partition coefficient (Wildman–Crippen LogP) is 1.55.